The molecule has 1 aliphatic rings. The Balaban J connectivity index is 1.68. The molecule has 0 aliphatic carbocycles. The van der Waals surface area contributed by atoms with E-state index in [0.29, 0.717) is 31.3 Å². The molecule has 0 saturated heterocycles. The van der Waals surface area contributed by atoms with Crippen molar-refractivity contribution in [3.8, 4) is 17.2 Å². The summed E-state index contributed by atoms with van der Waals surface area (Å²) in [4.78, 5) is 24.2. The second kappa shape index (κ2) is 8.78. The normalized spacial score (nSPS) is 14.6. The van der Waals surface area contributed by atoms with Gasteiger partial charge in [-0.1, -0.05) is 0 Å². The van der Waals surface area contributed by atoms with Gasteiger partial charge < -0.3 is 24.4 Å². The average molecular weight is 402 g/mol. The molecule has 9 nitrogen and oxygen atoms in total. The molecule has 154 valence electrons. The lowest BCUT2D eigenvalue weighted by atomic mass is 10.1. The number of nitrogens with zero attached hydrogens (tertiary/aromatic N) is 1. The maximum Gasteiger partial charge on any atom is 0.282 e. The number of ether oxygens (including phenoxy) is 3. The molecule has 1 unspecified atom stereocenters. The number of fused-ring (bicyclic) bond motifs is 1. The van der Waals surface area contributed by atoms with Crippen LogP contribution in [0, 0.1) is 10.1 Å². The number of carbonyl (C=O) groups excluding carboxylic acids is 1. The van der Waals surface area contributed by atoms with Gasteiger partial charge in [0, 0.05) is 17.7 Å². The van der Waals surface area contributed by atoms with Crippen LogP contribution in [0.2, 0.25) is 0 Å². The third-order valence-electron chi connectivity index (χ3n) is 4.87. The Labute approximate surface area is 168 Å². The Morgan fingerprint density at radius 3 is 2.66 bits per heavy atom. The third kappa shape index (κ3) is 4.75. The van der Waals surface area contributed by atoms with Crippen LogP contribution < -0.4 is 24.4 Å². The summed E-state index contributed by atoms with van der Waals surface area (Å²) in [5, 5.41) is 13.8. The van der Waals surface area contributed by atoms with Gasteiger partial charge in [-0.25, -0.2) is 0 Å². The zero-order valence-electron chi connectivity index (χ0n) is 16.6. The van der Waals surface area contributed by atoms with Gasteiger partial charge in [-0.2, -0.15) is 0 Å². The molecule has 0 radical (unpaired) electrons. The van der Waals surface area contributed by atoms with Crippen LogP contribution in [-0.4, -0.2) is 44.2 Å². The van der Waals surface area contributed by atoms with E-state index < -0.39 is 11.0 Å². The van der Waals surface area contributed by atoms with Crippen LogP contribution in [0.1, 0.15) is 12.5 Å². The summed E-state index contributed by atoms with van der Waals surface area (Å²) in [7, 11) is 3.35. The fourth-order valence-corrected chi connectivity index (χ4v) is 3.04. The highest BCUT2D eigenvalue weighted by molar-refractivity contribution is 5.95. The average Bonchev–Trinajstić information content (AvgIpc) is 2.72. The number of quaternary nitrogens is 1. The third-order valence-corrected chi connectivity index (χ3v) is 4.87. The number of anilines is 1. The van der Waals surface area contributed by atoms with Gasteiger partial charge in [-0.05, 0) is 31.2 Å². The molecule has 1 heterocycles. The second-order valence-electron chi connectivity index (χ2n) is 6.85. The van der Waals surface area contributed by atoms with E-state index in [-0.39, 0.29) is 17.3 Å². The molecule has 2 aromatic carbocycles. The van der Waals surface area contributed by atoms with Crippen LogP contribution >= 0.6 is 0 Å². The number of amides is 1. The molecule has 2 atom stereocenters. The minimum Gasteiger partial charge on any atom is -0.495 e. The number of methoxy groups -OCH3 is 1. The van der Waals surface area contributed by atoms with Crippen LogP contribution in [0.5, 0.6) is 17.2 Å². The van der Waals surface area contributed by atoms with E-state index in [2.05, 4.69) is 5.32 Å². The van der Waals surface area contributed by atoms with E-state index >= 15 is 0 Å². The number of nitro groups is 1. The number of hydrogen-bond acceptors (Lipinski definition) is 6. The van der Waals surface area contributed by atoms with Gasteiger partial charge in [-0.3, -0.25) is 14.9 Å². The summed E-state index contributed by atoms with van der Waals surface area (Å²) in [6.07, 6.45) is 0. The molecule has 0 spiro atoms. The van der Waals surface area contributed by atoms with Gasteiger partial charge in [0.1, 0.15) is 25.5 Å². The molecule has 9 heteroatoms. The predicted octanol–water partition coefficient (Wildman–Crippen LogP) is 1.42. The van der Waals surface area contributed by atoms with Gasteiger partial charge in [0.2, 0.25) is 0 Å². The minimum absolute atomic E-state index is 0.120. The number of benzene rings is 2. The summed E-state index contributed by atoms with van der Waals surface area (Å²) in [6, 6.07) is 9.42. The number of likely N-dealkylation sites (N-methyl/N-ethyl adjacent to an activating group) is 1. The number of nitro benzene ring substituents is 1. The molecule has 1 amide bonds. The van der Waals surface area contributed by atoms with Crippen molar-refractivity contribution in [3.05, 3.63) is 52.1 Å². The van der Waals surface area contributed by atoms with Crippen LogP contribution in [0.4, 0.5) is 11.4 Å². The Hall–Kier alpha value is -3.33. The first kappa shape index (κ1) is 20.4. The molecule has 3 rings (SSSR count). The van der Waals surface area contributed by atoms with Crippen molar-refractivity contribution in [1.29, 1.82) is 0 Å². The van der Waals surface area contributed by atoms with Gasteiger partial charge in [0.05, 0.1) is 24.8 Å². The lowest BCUT2D eigenvalue weighted by molar-refractivity contribution is -0.907. The molecular weight excluding hydrogens is 378 g/mol. The maximum absolute atomic E-state index is 12.7. The first-order valence-corrected chi connectivity index (χ1v) is 9.23. The summed E-state index contributed by atoms with van der Waals surface area (Å²) >= 11 is 0. The molecule has 2 aromatic rings. The standard InChI is InChI=1S/C20H23N3O6/c1-13(20(24)21-16-11-15(23(25)26)5-7-17(16)27-3)22(2)12-14-4-6-18-19(10-14)29-9-8-28-18/h4-7,10-11,13H,8-9,12H2,1-3H3,(H,21,24)/p+1/t13-/m0/s1. The fourth-order valence-electron chi connectivity index (χ4n) is 3.04. The Kier molecular flexibility index (Phi) is 6.18. The Bertz CT molecular complexity index is 917. The molecular formula is C20H24N3O6+. The molecule has 1 aliphatic heterocycles. The van der Waals surface area contributed by atoms with Crippen LogP contribution in [0.3, 0.4) is 0 Å². The number of non-ortho nitro benzene ring substituents is 1. The Morgan fingerprint density at radius 1 is 1.24 bits per heavy atom. The van der Waals surface area contributed by atoms with Crippen molar-refractivity contribution < 1.29 is 28.8 Å². The number of nitrogens with one attached hydrogen (secondary N) is 2. The van der Waals surface area contributed by atoms with E-state index in [1.807, 2.05) is 25.2 Å². The number of carbonyl (C=O) groups is 1. The minimum atomic E-state index is -0.516. The highest BCUT2D eigenvalue weighted by Gasteiger charge is 2.24. The van der Waals surface area contributed by atoms with Gasteiger partial charge in [0.15, 0.2) is 17.5 Å². The van der Waals surface area contributed by atoms with E-state index in [1.165, 1.54) is 25.3 Å². The van der Waals surface area contributed by atoms with Gasteiger partial charge in [-0.15, -0.1) is 0 Å². The van der Waals surface area contributed by atoms with E-state index in [9.17, 15) is 14.9 Å². The van der Waals surface area contributed by atoms with Crippen molar-refractivity contribution >= 4 is 17.3 Å². The largest absolute Gasteiger partial charge is 0.495 e. The van der Waals surface area contributed by atoms with Crippen LogP contribution in [0.15, 0.2) is 36.4 Å². The molecule has 2 N–H and O–H groups in total. The topological polar surface area (TPSA) is 104 Å². The molecule has 0 bridgehead atoms. The van der Waals surface area contributed by atoms with Crippen molar-refractivity contribution in [1.82, 2.24) is 0 Å². The van der Waals surface area contributed by atoms with Crippen molar-refractivity contribution in [2.45, 2.75) is 19.5 Å². The van der Waals surface area contributed by atoms with E-state index in [0.717, 1.165) is 16.2 Å². The maximum atomic E-state index is 12.7. The summed E-state index contributed by atoms with van der Waals surface area (Å²) in [6.45, 7) is 3.45. The first-order valence-electron chi connectivity index (χ1n) is 9.23. The van der Waals surface area contributed by atoms with Crippen LogP contribution in [-0.2, 0) is 11.3 Å². The van der Waals surface area contributed by atoms with Gasteiger partial charge >= 0.3 is 0 Å². The highest BCUT2D eigenvalue weighted by Crippen LogP contribution is 2.31. The van der Waals surface area contributed by atoms with E-state index in [4.69, 9.17) is 14.2 Å². The van der Waals surface area contributed by atoms with Crippen LogP contribution in [0.25, 0.3) is 0 Å². The molecule has 0 fully saturated rings. The number of hydrogen-bond donors (Lipinski definition) is 2. The van der Waals surface area contributed by atoms with Crippen molar-refractivity contribution in [2.75, 3.05) is 32.7 Å². The lowest BCUT2D eigenvalue weighted by Crippen LogP contribution is -3.12. The van der Waals surface area contributed by atoms with Gasteiger partial charge in [0.25, 0.3) is 11.6 Å². The van der Waals surface area contributed by atoms with Crippen molar-refractivity contribution in [3.63, 3.8) is 0 Å². The zero-order chi connectivity index (χ0) is 21.0. The first-order chi connectivity index (χ1) is 13.9. The second-order valence-corrected chi connectivity index (χ2v) is 6.85. The lowest BCUT2D eigenvalue weighted by Gasteiger charge is -2.23. The van der Waals surface area contributed by atoms with Crippen molar-refractivity contribution in [2.24, 2.45) is 0 Å². The molecule has 29 heavy (non-hydrogen) atoms. The predicted molar refractivity (Wildman–Crippen MR) is 106 cm³/mol. The molecule has 0 saturated carbocycles. The fraction of sp³-hybridized carbons (Fsp3) is 0.350. The summed E-state index contributed by atoms with van der Waals surface area (Å²) in [5.41, 5.74) is 1.16. The Morgan fingerprint density at radius 2 is 1.97 bits per heavy atom. The summed E-state index contributed by atoms with van der Waals surface area (Å²) < 4.78 is 16.3. The smallest absolute Gasteiger partial charge is 0.282 e. The van der Waals surface area contributed by atoms with E-state index in [1.54, 1.807) is 6.92 Å². The zero-order valence-corrected chi connectivity index (χ0v) is 16.6. The molecule has 0 aromatic heterocycles. The quantitative estimate of drug-likeness (QED) is 0.536. The summed E-state index contributed by atoms with van der Waals surface area (Å²) in [5.74, 6) is 1.53. The SMILES string of the molecule is COc1ccc([N+](=O)[O-])cc1NC(=O)[C@H](C)[NH+](C)Cc1ccc2c(c1)OCCO2. The number of rotatable bonds is 7. The monoisotopic (exact) mass is 402 g/mol. The highest BCUT2D eigenvalue weighted by atomic mass is 16.6.